The molecule has 1 amide bonds. The molecule has 0 saturated carbocycles. The van der Waals surface area contributed by atoms with Gasteiger partial charge in [-0.05, 0) is 34.7 Å². The summed E-state index contributed by atoms with van der Waals surface area (Å²) in [5.74, 6) is 0.312. The van der Waals surface area contributed by atoms with E-state index in [1.807, 2.05) is 66.0 Å². The highest BCUT2D eigenvalue weighted by atomic mass is 32.2. The zero-order chi connectivity index (χ0) is 25.7. The maximum absolute atomic E-state index is 13.5. The molecule has 3 heterocycles. The van der Waals surface area contributed by atoms with Gasteiger partial charge >= 0.3 is 0 Å². The predicted molar refractivity (Wildman–Crippen MR) is 142 cm³/mol. The van der Waals surface area contributed by atoms with Crippen LogP contribution in [0.25, 0.3) is 0 Å². The van der Waals surface area contributed by atoms with Crippen LogP contribution in [0.15, 0.2) is 112 Å². The van der Waals surface area contributed by atoms with Crippen LogP contribution in [0.5, 0.6) is 0 Å². The van der Waals surface area contributed by atoms with Crippen LogP contribution in [0, 0.1) is 0 Å². The van der Waals surface area contributed by atoms with Crippen LogP contribution in [0.4, 0.5) is 0 Å². The number of aromatic nitrogens is 2. The van der Waals surface area contributed by atoms with Gasteiger partial charge in [-0.25, -0.2) is 13.4 Å². The SMILES string of the molecule is O=C(c1cccs1)N(Cc1ccco1)Cc1cnc(S(=O)(=O)Cc2ccccc2)n1Cc1ccccc1. The van der Waals surface area contributed by atoms with Crippen molar-refractivity contribution in [1.82, 2.24) is 14.5 Å². The normalized spacial score (nSPS) is 11.5. The molecule has 0 aliphatic heterocycles. The number of hydrogen-bond acceptors (Lipinski definition) is 6. The van der Waals surface area contributed by atoms with E-state index in [1.54, 1.807) is 46.2 Å². The maximum Gasteiger partial charge on any atom is 0.264 e. The Labute approximate surface area is 219 Å². The molecule has 0 aliphatic rings. The van der Waals surface area contributed by atoms with Crippen molar-refractivity contribution in [2.75, 3.05) is 0 Å². The van der Waals surface area contributed by atoms with Crippen molar-refractivity contribution >= 4 is 27.1 Å². The van der Waals surface area contributed by atoms with E-state index in [0.29, 0.717) is 28.4 Å². The average Bonchev–Trinajstić information content (AvgIpc) is 3.68. The first-order valence-corrected chi connectivity index (χ1v) is 14.2. The van der Waals surface area contributed by atoms with Crippen molar-refractivity contribution in [2.45, 2.75) is 30.5 Å². The highest BCUT2D eigenvalue weighted by Crippen LogP contribution is 2.23. The van der Waals surface area contributed by atoms with Crippen LogP contribution in [0.3, 0.4) is 0 Å². The van der Waals surface area contributed by atoms with Gasteiger partial charge in [-0.2, -0.15) is 0 Å². The summed E-state index contributed by atoms with van der Waals surface area (Å²) in [5.41, 5.74) is 2.23. The Kier molecular flexibility index (Phi) is 7.34. The van der Waals surface area contributed by atoms with E-state index in [4.69, 9.17) is 4.42 Å². The molecule has 3 aromatic heterocycles. The number of amides is 1. The maximum atomic E-state index is 13.5. The fourth-order valence-electron chi connectivity index (χ4n) is 4.10. The molecule has 188 valence electrons. The molecule has 0 saturated heterocycles. The molecule has 0 aliphatic carbocycles. The van der Waals surface area contributed by atoms with Gasteiger partial charge in [0.2, 0.25) is 15.0 Å². The molecule has 7 nitrogen and oxygen atoms in total. The number of imidazole rings is 1. The lowest BCUT2D eigenvalue weighted by Crippen LogP contribution is -2.30. The second kappa shape index (κ2) is 11.0. The van der Waals surface area contributed by atoms with Crippen molar-refractivity contribution in [3.05, 3.63) is 130 Å². The van der Waals surface area contributed by atoms with Gasteiger partial charge in [-0.15, -0.1) is 11.3 Å². The van der Waals surface area contributed by atoms with E-state index in [0.717, 1.165) is 5.56 Å². The Balaban J connectivity index is 1.52. The highest BCUT2D eigenvalue weighted by molar-refractivity contribution is 7.90. The third kappa shape index (κ3) is 5.90. The van der Waals surface area contributed by atoms with E-state index in [1.165, 1.54) is 11.3 Å². The Morgan fingerprint density at radius 3 is 2.27 bits per heavy atom. The molecule has 5 rings (SSSR count). The minimum atomic E-state index is -3.76. The highest BCUT2D eigenvalue weighted by Gasteiger charge is 2.27. The van der Waals surface area contributed by atoms with Crippen LogP contribution in [-0.4, -0.2) is 28.8 Å². The summed E-state index contributed by atoms with van der Waals surface area (Å²) in [5, 5.41) is 1.84. The quantitative estimate of drug-likeness (QED) is 0.241. The predicted octanol–water partition coefficient (Wildman–Crippen LogP) is 5.40. The number of carbonyl (C=O) groups excluding carboxylic acids is 1. The fraction of sp³-hybridized carbons (Fsp3) is 0.143. The van der Waals surface area contributed by atoms with Gasteiger partial charge in [-0.3, -0.25) is 4.79 Å². The standard InChI is InChI=1S/C28H25N3O4S2/c32-27(26-14-8-16-36-26)30(20-25-13-7-15-35-25)19-24-17-29-28(31(24)18-22-9-3-1-4-10-22)37(33,34)21-23-11-5-2-6-12-23/h1-17H,18-21H2. The van der Waals surface area contributed by atoms with E-state index in [9.17, 15) is 13.2 Å². The largest absolute Gasteiger partial charge is 0.467 e. The second-order valence-corrected chi connectivity index (χ2v) is 11.4. The first-order valence-electron chi connectivity index (χ1n) is 11.7. The minimum Gasteiger partial charge on any atom is -0.467 e. The lowest BCUT2D eigenvalue weighted by Gasteiger charge is -2.22. The van der Waals surface area contributed by atoms with Crippen molar-refractivity contribution in [2.24, 2.45) is 0 Å². The summed E-state index contributed by atoms with van der Waals surface area (Å²) in [4.78, 5) is 20.0. The van der Waals surface area contributed by atoms with E-state index in [2.05, 4.69) is 4.98 Å². The molecule has 0 unspecified atom stereocenters. The zero-order valence-electron chi connectivity index (χ0n) is 19.9. The first kappa shape index (κ1) is 24.7. The first-order chi connectivity index (χ1) is 18.0. The number of carbonyl (C=O) groups is 1. The van der Waals surface area contributed by atoms with Crippen molar-refractivity contribution in [1.29, 1.82) is 0 Å². The molecule has 0 N–H and O–H groups in total. The number of benzene rings is 2. The van der Waals surface area contributed by atoms with Crippen molar-refractivity contribution in [3.63, 3.8) is 0 Å². The lowest BCUT2D eigenvalue weighted by molar-refractivity contribution is 0.0718. The number of rotatable bonds is 10. The molecule has 2 aromatic carbocycles. The minimum absolute atomic E-state index is 0.0169. The number of hydrogen-bond donors (Lipinski definition) is 0. The van der Waals surface area contributed by atoms with E-state index in [-0.39, 0.29) is 29.9 Å². The Morgan fingerprint density at radius 2 is 1.62 bits per heavy atom. The molecule has 37 heavy (non-hydrogen) atoms. The number of nitrogens with zero attached hydrogens (tertiary/aromatic N) is 3. The molecule has 0 bridgehead atoms. The summed E-state index contributed by atoms with van der Waals surface area (Å²) in [6, 6.07) is 25.9. The van der Waals surface area contributed by atoms with Crippen LogP contribution in [-0.2, 0) is 35.2 Å². The van der Waals surface area contributed by atoms with Crippen molar-refractivity contribution in [3.8, 4) is 0 Å². The van der Waals surface area contributed by atoms with Gasteiger partial charge in [0, 0.05) is 0 Å². The second-order valence-electron chi connectivity index (χ2n) is 8.57. The van der Waals surface area contributed by atoms with Crippen LogP contribution >= 0.6 is 11.3 Å². The topological polar surface area (TPSA) is 85.4 Å². The molecule has 5 aromatic rings. The molecule has 0 spiro atoms. The molecule has 9 heteroatoms. The molecular weight excluding hydrogens is 506 g/mol. The van der Waals surface area contributed by atoms with Crippen LogP contribution < -0.4 is 0 Å². The summed E-state index contributed by atoms with van der Waals surface area (Å²) in [7, 11) is -3.76. The molecule has 0 fully saturated rings. The van der Waals surface area contributed by atoms with Gasteiger partial charge in [0.25, 0.3) is 5.91 Å². The lowest BCUT2D eigenvalue weighted by atomic mass is 10.2. The van der Waals surface area contributed by atoms with Crippen molar-refractivity contribution < 1.29 is 17.6 Å². The molecule has 0 atom stereocenters. The third-order valence-corrected chi connectivity index (χ3v) is 8.32. The Bertz CT molecular complexity index is 1540. The summed E-state index contributed by atoms with van der Waals surface area (Å²) < 4.78 is 34.2. The summed E-state index contributed by atoms with van der Waals surface area (Å²) in [6.07, 6.45) is 3.12. The van der Waals surface area contributed by atoms with Crippen LogP contribution in [0.2, 0.25) is 0 Å². The summed E-state index contributed by atoms with van der Waals surface area (Å²) in [6.45, 7) is 0.714. The van der Waals surface area contributed by atoms with Gasteiger partial charge in [0.1, 0.15) is 5.76 Å². The number of sulfone groups is 1. The van der Waals surface area contributed by atoms with E-state index >= 15 is 0 Å². The van der Waals surface area contributed by atoms with Gasteiger partial charge in [-0.1, -0.05) is 66.7 Å². The van der Waals surface area contributed by atoms with Gasteiger partial charge < -0.3 is 13.9 Å². The van der Waals surface area contributed by atoms with Crippen LogP contribution in [0.1, 0.15) is 32.3 Å². The Morgan fingerprint density at radius 1 is 0.892 bits per heavy atom. The third-order valence-electron chi connectivity index (χ3n) is 5.86. The van der Waals surface area contributed by atoms with Gasteiger partial charge in [0.15, 0.2) is 0 Å². The number of furan rings is 1. The summed E-state index contributed by atoms with van der Waals surface area (Å²) >= 11 is 1.36. The van der Waals surface area contributed by atoms with E-state index < -0.39 is 9.84 Å². The zero-order valence-corrected chi connectivity index (χ0v) is 21.6. The fourth-order valence-corrected chi connectivity index (χ4v) is 6.28. The molecular formula is C28H25N3O4S2. The molecule has 0 radical (unpaired) electrons. The monoisotopic (exact) mass is 531 g/mol. The van der Waals surface area contributed by atoms with Gasteiger partial charge in [0.05, 0.1) is 48.4 Å². The number of thiophene rings is 1. The smallest absolute Gasteiger partial charge is 0.264 e. The Hall–Kier alpha value is -3.95. The average molecular weight is 532 g/mol.